The first-order valence-electron chi connectivity index (χ1n) is 9.39. The summed E-state index contributed by atoms with van der Waals surface area (Å²) in [6.07, 6.45) is 2.04. The first-order valence-corrected chi connectivity index (χ1v) is 9.39. The number of carboxylic acids is 1. The summed E-state index contributed by atoms with van der Waals surface area (Å²) < 4.78 is 19.7. The van der Waals surface area contributed by atoms with E-state index in [4.69, 9.17) is 4.74 Å². The molecular formula is C22H26FNO3. The molecule has 1 heterocycles. The van der Waals surface area contributed by atoms with E-state index >= 15 is 0 Å². The van der Waals surface area contributed by atoms with Gasteiger partial charge in [0.15, 0.2) is 0 Å². The SMILES string of the molecule is CC[C@@H](C(=O)O)N(C)CCCC1(c2ccc(F)cc2)OCc2ccccc21. The van der Waals surface area contributed by atoms with Crippen LogP contribution in [0.2, 0.25) is 0 Å². The predicted molar refractivity (Wildman–Crippen MR) is 102 cm³/mol. The molecule has 144 valence electrons. The van der Waals surface area contributed by atoms with Crippen LogP contribution in [-0.2, 0) is 21.7 Å². The molecule has 0 saturated carbocycles. The lowest BCUT2D eigenvalue weighted by Crippen LogP contribution is -2.39. The molecule has 1 N–H and O–H groups in total. The van der Waals surface area contributed by atoms with Crippen LogP contribution >= 0.6 is 0 Å². The standard InChI is InChI=1S/C22H26FNO3/c1-3-20(21(25)26)24(2)14-6-13-22(17-9-11-18(23)12-10-17)19-8-5-4-7-16(19)15-27-22/h4-5,7-12,20H,3,6,13-15H2,1-2H3,(H,25,26)/t20-,22?/m0/s1. The van der Waals surface area contributed by atoms with E-state index in [9.17, 15) is 14.3 Å². The van der Waals surface area contributed by atoms with E-state index in [0.29, 0.717) is 26.0 Å². The van der Waals surface area contributed by atoms with Gasteiger partial charge in [0.2, 0.25) is 0 Å². The quantitative estimate of drug-likeness (QED) is 0.756. The van der Waals surface area contributed by atoms with Crippen molar-refractivity contribution in [3.63, 3.8) is 0 Å². The Hall–Kier alpha value is -2.24. The van der Waals surface area contributed by atoms with Crippen LogP contribution in [0.5, 0.6) is 0 Å². The summed E-state index contributed by atoms with van der Waals surface area (Å²) in [6.45, 7) is 3.06. The highest BCUT2D eigenvalue weighted by Gasteiger charge is 2.41. The summed E-state index contributed by atoms with van der Waals surface area (Å²) in [7, 11) is 1.84. The fourth-order valence-electron chi connectivity index (χ4n) is 4.04. The fourth-order valence-corrected chi connectivity index (χ4v) is 4.04. The van der Waals surface area contributed by atoms with Crippen molar-refractivity contribution < 1.29 is 19.0 Å². The second-order valence-corrected chi connectivity index (χ2v) is 7.13. The minimum Gasteiger partial charge on any atom is -0.480 e. The van der Waals surface area contributed by atoms with E-state index < -0.39 is 17.6 Å². The third kappa shape index (κ3) is 3.89. The number of likely N-dealkylation sites (N-methyl/N-ethyl adjacent to an activating group) is 1. The zero-order chi connectivity index (χ0) is 19.4. The number of fused-ring (bicyclic) bond motifs is 1. The second-order valence-electron chi connectivity index (χ2n) is 7.13. The van der Waals surface area contributed by atoms with Gasteiger partial charge in [0.1, 0.15) is 17.5 Å². The van der Waals surface area contributed by atoms with E-state index in [1.54, 1.807) is 12.1 Å². The van der Waals surface area contributed by atoms with Crippen molar-refractivity contribution in [3.05, 3.63) is 71.0 Å². The molecule has 0 fully saturated rings. The first-order chi connectivity index (χ1) is 13.0. The molecule has 27 heavy (non-hydrogen) atoms. The van der Waals surface area contributed by atoms with Crippen molar-refractivity contribution in [2.45, 2.75) is 44.4 Å². The van der Waals surface area contributed by atoms with Gasteiger partial charge in [0.25, 0.3) is 0 Å². The molecule has 0 saturated heterocycles. The van der Waals surface area contributed by atoms with Gasteiger partial charge in [0, 0.05) is 0 Å². The van der Waals surface area contributed by atoms with Crippen LogP contribution < -0.4 is 0 Å². The van der Waals surface area contributed by atoms with Gasteiger partial charge in [-0.25, -0.2) is 4.39 Å². The highest BCUT2D eigenvalue weighted by atomic mass is 19.1. The van der Waals surface area contributed by atoms with Crippen LogP contribution in [0.1, 0.15) is 42.9 Å². The molecule has 5 heteroatoms. The van der Waals surface area contributed by atoms with Crippen molar-refractivity contribution in [1.82, 2.24) is 4.90 Å². The van der Waals surface area contributed by atoms with Gasteiger partial charge in [-0.2, -0.15) is 0 Å². The Kier molecular flexibility index (Phi) is 5.92. The fraction of sp³-hybridized carbons (Fsp3) is 0.409. The molecule has 0 radical (unpaired) electrons. The van der Waals surface area contributed by atoms with E-state index in [1.165, 1.54) is 12.1 Å². The lowest BCUT2D eigenvalue weighted by molar-refractivity contribution is -0.142. The molecule has 4 nitrogen and oxygen atoms in total. The predicted octanol–water partition coefficient (Wildman–Crippen LogP) is 4.17. The number of benzene rings is 2. The Labute approximate surface area is 159 Å². The topological polar surface area (TPSA) is 49.8 Å². The number of nitrogens with zero attached hydrogens (tertiary/aromatic N) is 1. The Balaban J connectivity index is 1.83. The summed E-state index contributed by atoms with van der Waals surface area (Å²) >= 11 is 0. The van der Waals surface area contributed by atoms with Crippen LogP contribution in [0, 0.1) is 5.82 Å². The molecule has 0 bridgehead atoms. The van der Waals surface area contributed by atoms with Crippen molar-refractivity contribution in [3.8, 4) is 0 Å². The van der Waals surface area contributed by atoms with Gasteiger partial charge in [0.05, 0.1) is 6.61 Å². The number of aliphatic carboxylic acids is 1. The maximum Gasteiger partial charge on any atom is 0.320 e. The molecule has 3 rings (SSSR count). The number of carboxylic acid groups (broad SMARTS) is 1. The largest absolute Gasteiger partial charge is 0.480 e. The number of rotatable bonds is 8. The Morgan fingerprint density at radius 3 is 2.63 bits per heavy atom. The average molecular weight is 371 g/mol. The molecule has 0 amide bonds. The molecule has 2 aromatic rings. The highest BCUT2D eigenvalue weighted by molar-refractivity contribution is 5.73. The molecule has 1 aliphatic rings. The number of ether oxygens (including phenoxy) is 1. The van der Waals surface area contributed by atoms with Gasteiger partial charge in [-0.3, -0.25) is 9.69 Å². The minimum absolute atomic E-state index is 0.271. The van der Waals surface area contributed by atoms with E-state index in [-0.39, 0.29) is 5.82 Å². The normalized spacial score (nSPS) is 19.9. The number of hydrogen-bond acceptors (Lipinski definition) is 3. The third-order valence-corrected chi connectivity index (χ3v) is 5.48. The highest BCUT2D eigenvalue weighted by Crippen LogP contribution is 2.45. The van der Waals surface area contributed by atoms with Crippen LogP contribution in [-0.4, -0.2) is 35.6 Å². The van der Waals surface area contributed by atoms with Gasteiger partial charge in [-0.05, 0) is 61.7 Å². The van der Waals surface area contributed by atoms with Gasteiger partial charge < -0.3 is 9.84 Å². The number of hydrogen-bond donors (Lipinski definition) is 1. The molecular weight excluding hydrogens is 345 g/mol. The van der Waals surface area contributed by atoms with Gasteiger partial charge >= 0.3 is 5.97 Å². The van der Waals surface area contributed by atoms with E-state index in [0.717, 1.165) is 23.1 Å². The molecule has 2 aromatic carbocycles. The van der Waals surface area contributed by atoms with Crippen LogP contribution in [0.15, 0.2) is 48.5 Å². The molecule has 0 aliphatic carbocycles. The summed E-state index contributed by atoms with van der Waals surface area (Å²) in [5.74, 6) is -1.07. The lowest BCUT2D eigenvalue weighted by Gasteiger charge is -2.32. The molecule has 1 aliphatic heterocycles. The van der Waals surface area contributed by atoms with Crippen LogP contribution in [0.4, 0.5) is 4.39 Å². The Morgan fingerprint density at radius 1 is 1.26 bits per heavy atom. The first kappa shape index (κ1) is 19.5. The smallest absolute Gasteiger partial charge is 0.320 e. The average Bonchev–Trinajstić information content (AvgIpc) is 3.02. The van der Waals surface area contributed by atoms with Crippen LogP contribution in [0.3, 0.4) is 0 Å². The Morgan fingerprint density at radius 2 is 1.96 bits per heavy atom. The van der Waals surface area contributed by atoms with Crippen molar-refractivity contribution in [1.29, 1.82) is 0 Å². The van der Waals surface area contributed by atoms with Crippen molar-refractivity contribution >= 4 is 5.97 Å². The number of halogens is 1. The molecule has 0 aromatic heterocycles. The van der Waals surface area contributed by atoms with E-state index in [1.807, 2.05) is 31.0 Å². The Bertz CT molecular complexity index is 792. The monoisotopic (exact) mass is 371 g/mol. The van der Waals surface area contributed by atoms with Crippen molar-refractivity contribution in [2.24, 2.45) is 0 Å². The molecule has 0 spiro atoms. The van der Waals surface area contributed by atoms with Crippen molar-refractivity contribution in [2.75, 3.05) is 13.6 Å². The lowest BCUT2D eigenvalue weighted by atomic mass is 9.82. The van der Waals surface area contributed by atoms with E-state index in [2.05, 4.69) is 12.1 Å². The zero-order valence-corrected chi connectivity index (χ0v) is 15.8. The van der Waals surface area contributed by atoms with Crippen LogP contribution in [0.25, 0.3) is 0 Å². The molecule has 1 unspecified atom stereocenters. The summed E-state index contributed by atoms with van der Waals surface area (Å²) in [5, 5.41) is 9.34. The summed E-state index contributed by atoms with van der Waals surface area (Å²) in [6, 6.07) is 14.1. The second kappa shape index (κ2) is 8.19. The maximum atomic E-state index is 13.5. The summed E-state index contributed by atoms with van der Waals surface area (Å²) in [5.41, 5.74) is 2.58. The summed E-state index contributed by atoms with van der Waals surface area (Å²) in [4.78, 5) is 13.2. The third-order valence-electron chi connectivity index (χ3n) is 5.48. The van der Waals surface area contributed by atoms with Gasteiger partial charge in [-0.15, -0.1) is 0 Å². The molecule has 2 atom stereocenters. The zero-order valence-electron chi connectivity index (χ0n) is 15.8. The van der Waals surface area contributed by atoms with Gasteiger partial charge in [-0.1, -0.05) is 43.3 Å². The maximum absolute atomic E-state index is 13.5. The minimum atomic E-state index is -0.796. The number of carbonyl (C=O) groups is 1.